The molecule has 0 fully saturated rings. The number of carboxylic acids is 1. The second-order valence-corrected chi connectivity index (χ2v) is 3.65. The maximum absolute atomic E-state index is 10.6. The number of rotatable bonds is 9. The highest BCUT2D eigenvalue weighted by molar-refractivity contribution is 5.86. The van der Waals surface area contributed by atoms with Crippen LogP contribution in [0.4, 0.5) is 0 Å². The minimum Gasteiger partial charge on any atom is -0.478 e. The lowest BCUT2D eigenvalue weighted by Gasteiger charge is -2.02. The summed E-state index contributed by atoms with van der Waals surface area (Å²) in [4.78, 5) is 10.6. The molecule has 0 amide bonds. The van der Waals surface area contributed by atoms with Gasteiger partial charge in [-0.1, -0.05) is 39.2 Å². The molecule has 0 saturated carbocycles. The zero-order valence-corrected chi connectivity index (χ0v) is 9.88. The Morgan fingerprint density at radius 2 is 2.00 bits per heavy atom. The smallest absolute Gasteiger partial charge is 0.331 e. The topological polar surface area (TPSA) is 49.3 Å². The normalized spacial score (nSPS) is 11.7. The van der Waals surface area contributed by atoms with Gasteiger partial charge in [-0.15, -0.1) is 0 Å². The van der Waals surface area contributed by atoms with Crippen molar-refractivity contribution in [2.75, 3.05) is 13.1 Å². The van der Waals surface area contributed by atoms with Crippen molar-refractivity contribution in [3.05, 3.63) is 11.6 Å². The molecule has 0 rings (SSSR count). The molecule has 3 heteroatoms. The fourth-order valence-corrected chi connectivity index (χ4v) is 1.36. The van der Waals surface area contributed by atoms with Gasteiger partial charge in [0.15, 0.2) is 0 Å². The molecular formula is C12H23NO2. The van der Waals surface area contributed by atoms with Crippen molar-refractivity contribution in [1.29, 1.82) is 0 Å². The number of unbranched alkanes of at least 4 members (excludes halogenated alkanes) is 3. The molecule has 0 unspecified atom stereocenters. The van der Waals surface area contributed by atoms with Crippen LogP contribution in [0.2, 0.25) is 0 Å². The van der Waals surface area contributed by atoms with Crippen LogP contribution in [0.3, 0.4) is 0 Å². The van der Waals surface area contributed by atoms with Crippen molar-refractivity contribution in [1.82, 2.24) is 5.32 Å². The third-order valence-corrected chi connectivity index (χ3v) is 2.36. The van der Waals surface area contributed by atoms with Gasteiger partial charge in [-0.3, -0.25) is 0 Å². The van der Waals surface area contributed by atoms with Gasteiger partial charge in [0.1, 0.15) is 0 Å². The second kappa shape index (κ2) is 9.71. The number of carbonyl (C=O) groups is 1. The highest BCUT2D eigenvalue weighted by atomic mass is 16.4. The van der Waals surface area contributed by atoms with E-state index in [1.54, 1.807) is 6.08 Å². The molecule has 88 valence electrons. The first kappa shape index (κ1) is 14.2. The Balaban J connectivity index is 3.46. The van der Waals surface area contributed by atoms with E-state index in [2.05, 4.69) is 12.2 Å². The summed E-state index contributed by atoms with van der Waals surface area (Å²) in [6, 6.07) is 0. The van der Waals surface area contributed by atoms with E-state index in [-0.39, 0.29) is 0 Å². The first-order valence-corrected chi connectivity index (χ1v) is 5.85. The second-order valence-electron chi connectivity index (χ2n) is 3.65. The molecule has 0 aromatic rings. The van der Waals surface area contributed by atoms with Gasteiger partial charge in [-0.2, -0.15) is 0 Å². The van der Waals surface area contributed by atoms with Crippen LogP contribution in [0.5, 0.6) is 0 Å². The van der Waals surface area contributed by atoms with Crippen LogP contribution >= 0.6 is 0 Å². The lowest BCUT2D eigenvalue weighted by Crippen LogP contribution is -2.16. The minimum absolute atomic E-state index is 0.496. The molecule has 0 aromatic heterocycles. The Kier molecular flexibility index (Phi) is 9.18. The van der Waals surface area contributed by atoms with Gasteiger partial charge < -0.3 is 10.4 Å². The summed E-state index contributed by atoms with van der Waals surface area (Å²) in [5.41, 5.74) is 0.496. The molecule has 0 aliphatic heterocycles. The average Bonchev–Trinajstić information content (AvgIpc) is 2.21. The Morgan fingerprint density at radius 3 is 2.53 bits per heavy atom. The van der Waals surface area contributed by atoms with E-state index in [0.717, 1.165) is 6.54 Å². The molecule has 15 heavy (non-hydrogen) atoms. The number of hydrogen-bond donors (Lipinski definition) is 2. The van der Waals surface area contributed by atoms with Gasteiger partial charge in [0.2, 0.25) is 0 Å². The number of nitrogens with one attached hydrogen (secondary N) is 1. The van der Waals surface area contributed by atoms with E-state index in [1.165, 1.54) is 25.7 Å². The lowest BCUT2D eigenvalue weighted by molar-refractivity contribution is -0.132. The summed E-state index contributed by atoms with van der Waals surface area (Å²) in [6.45, 7) is 5.70. The highest BCUT2D eigenvalue weighted by Gasteiger charge is 2.01. The van der Waals surface area contributed by atoms with E-state index < -0.39 is 5.97 Å². The first-order valence-electron chi connectivity index (χ1n) is 5.85. The third kappa shape index (κ3) is 8.18. The molecule has 0 aliphatic carbocycles. The maximum atomic E-state index is 10.6. The summed E-state index contributed by atoms with van der Waals surface area (Å²) in [5, 5.41) is 12.0. The van der Waals surface area contributed by atoms with Gasteiger partial charge in [0.25, 0.3) is 0 Å². The standard InChI is InChI=1S/C12H23NO2/c1-3-5-6-7-9-13-10-8-11(4-2)12(14)15/h8,13H,3-7,9-10H2,1-2H3,(H,14,15)/b11-8-. The van der Waals surface area contributed by atoms with Crippen molar-refractivity contribution in [2.45, 2.75) is 46.0 Å². The fraction of sp³-hybridized carbons (Fsp3) is 0.750. The van der Waals surface area contributed by atoms with E-state index >= 15 is 0 Å². The van der Waals surface area contributed by atoms with Crippen LogP contribution in [0.1, 0.15) is 46.0 Å². The zero-order chi connectivity index (χ0) is 11.5. The molecule has 0 heterocycles. The molecule has 0 bridgehead atoms. The van der Waals surface area contributed by atoms with Crippen LogP contribution in [-0.4, -0.2) is 24.2 Å². The van der Waals surface area contributed by atoms with E-state index in [4.69, 9.17) is 5.11 Å². The van der Waals surface area contributed by atoms with E-state index in [1.807, 2.05) is 6.92 Å². The molecule has 3 nitrogen and oxygen atoms in total. The Labute approximate surface area is 92.6 Å². The van der Waals surface area contributed by atoms with Crippen LogP contribution in [0.25, 0.3) is 0 Å². The minimum atomic E-state index is -0.801. The predicted molar refractivity (Wildman–Crippen MR) is 63.0 cm³/mol. The average molecular weight is 213 g/mol. The summed E-state index contributed by atoms with van der Waals surface area (Å²) < 4.78 is 0. The number of carboxylic acid groups (broad SMARTS) is 1. The Morgan fingerprint density at radius 1 is 1.27 bits per heavy atom. The Hall–Kier alpha value is -0.830. The van der Waals surface area contributed by atoms with Crippen molar-refractivity contribution in [3.8, 4) is 0 Å². The largest absolute Gasteiger partial charge is 0.478 e. The number of hydrogen-bond acceptors (Lipinski definition) is 2. The molecule has 0 atom stereocenters. The van der Waals surface area contributed by atoms with Crippen LogP contribution < -0.4 is 5.32 Å². The fourth-order valence-electron chi connectivity index (χ4n) is 1.36. The Bertz CT molecular complexity index is 200. The third-order valence-electron chi connectivity index (χ3n) is 2.36. The summed E-state index contributed by atoms with van der Waals surface area (Å²) >= 11 is 0. The van der Waals surface area contributed by atoms with Crippen LogP contribution in [0.15, 0.2) is 11.6 Å². The van der Waals surface area contributed by atoms with E-state index in [9.17, 15) is 4.79 Å². The summed E-state index contributed by atoms with van der Waals surface area (Å²) in [7, 11) is 0. The zero-order valence-electron chi connectivity index (χ0n) is 9.88. The summed E-state index contributed by atoms with van der Waals surface area (Å²) in [5.74, 6) is -0.801. The molecule has 0 aromatic carbocycles. The number of aliphatic carboxylic acids is 1. The van der Waals surface area contributed by atoms with Crippen LogP contribution in [0, 0.1) is 0 Å². The van der Waals surface area contributed by atoms with Gasteiger partial charge in [0, 0.05) is 12.1 Å². The molecule has 0 saturated heterocycles. The quantitative estimate of drug-likeness (QED) is 0.457. The predicted octanol–water partition coefficient (Wildman–Crippen LogP) is 2.58. The molecule has 0 aliphatic rings. The van der Waals surface area contributed by atoms with E-state index in [0.29, 0.717) is 18.5 Å². The molecule has 0 spiro atoms. The lowest BCUT2D eigenvalue weighted by atomic mass is 10.2. The van der Waals surface area contributed by atoms with Crippen molar-refractivity contribution >= 4 is 5.97 Å². The van der Waals surface area contributed by atoms with Crippen molar-refractivity contribution in [2.24, 2.45) is 0 Å². The van der Waals surface area contributed by atoms with Gasteiger partial charge >= 0.3 is 5.97 Å². The van der Waals surface area contributed by atoms with Gasteiger partial charge in [-0.25, -0.2) is 4.79 Å². The molecule has 2 N–H and O–H groups in total. The van der Waals surface area contributed by atoms with Gasteiger partial charge in [0.05, 0.1) is 0 Å². The SMILES string of the molecule is CCCCCCNC/C=C(/CC)C(=O)O. The van der Waals surface area contributed by atoms with Crippen LogP contribution in [-0.2, 0) is 4.79 Å². The summed E-state index contributed by atoms with van der Waals surface area (Å²) in [6.07, 6.45) is 7.32. The monoisotopic (exact) mass is 213 g/mol. The molecular weight excluding hydrogens is 190 g/mol. The first-order chi connectivity index (χ1) is 7.22. The van der Waals surface area contributed by atoms with Gasteiger partial charge in [-0.05, 0) is 19.4 Å². The van der Waals surface area contributed by atoms with Crippen molar-refractivity contribution in [3.63, 3.8) is 0 Å². The molecule has 0 radical (unpaired) electrons. The maximum Gasteiger partial charge on any atom is 0.331 e. The van der Waals surface area contributed by atoms with Crippen molar-refractivity contribution < 1.29 is 9.90 Å². The highest BCUT2D eigenvalue weighted by Crippen LogP contribution is 1.99.